The Bertz CT molecular complexity index is 447. The second-order valence-corrected chi connectivity index (χ2v) is 4.49. The Kier molecular flexibility index (Phi) is 3.59. The molecule has 1 aromatic carbocycles. The van der Waals surface area contributed by atoms with E-state index in [4.69, 9.17) is 4.74 Å². The van der Waals surface area contributed by atoms with Crippen LogP contribution in [0.15, 0.2) is 35.7 Å². The van der Waals surface area contributed by atoms with Crippen LogP contribution in [0, 0.1) is 0 Å². The van der Waals surface area contributed by atoms with E-state index in [1.807, 2.05) is 19.2 Å². The van der Waals surface area contributed by atoms with Crippen LogP contribution in [0.2, 0.25) is 0 Å². The van der Waals surface area contributed by atoms with Crippen molar-refractivity contribution < 1.29 is 4.74 Å². The van der Waals surface area contributed by atoms with E-state index >= 15 is 0 Å². The molecule has 0 aliphatic carbocycles. The minimum absolute atomic E-state index is 0.899. The SMILES string of the molecule is CNCc1csc(-c2ccc(OC)cc2)c1. The van der Waals surface area contributed by atoms with Gasteiger partial charge in [0.25, 0.3) is 0 Å². The van der Waals surface area contributed by atoms with Crippen molar-refractivity contribution in [2.24, 2.45) is 0 Å². The first-order chi connectivity index (χ1) is 7.83. The van der Waals surface area contributed by atoms with Crippen LogP contribution in [-0.2, 0) is 6.54 Å². The van der Waals surface area contributed by atoms with Crippen molar-refractivity contribution in [1.82, 2.24) is 5.32 Å². The van der Waals surface area contributed by atoms with Crippen molar-refractivity contribution in [1.29, 1.82) is 0 Å². The summed E-state index contributed by atoms with van der Waals surface area (Å²) in [4.78, 5) is 1.30. The van der Waals surface area contributed by atoms with E-state index in [1.165, 1.54) is 16.0 Å². The van der Waals surface area contributed by atoms with Gasteiger partial charge in [0.05, 0.1) is 7.11 Å². The smallest absolute Gasteiger partial charge is 0.118 e. The van der Waals surface area contributed by atoms with E-state index in [0.29, 0.717) is 0 Å². The molecule has 0 amide bonds. The third-order valence-corrected chi connectivity index (χ3v) is 3.44. The number of nitrogens with one attached hydrogen (secondary N) is 1. The summed E-state index contributed by atoms with van der Waals surface area (Å²) in [6, 6.07) is 10.4. The largest absolute Gasteiger partial charge is 0.497 e. The summed E-state index contributed by atoms with van der Waals surface area (Å²) in [6.07, 6.45) is 0. The molecule has 1 aromatic heterocycles. The fourth-order valence-electron chi connectivity index (χ4n) is 1.58. The molecule has 3 heteroatoms. The Labute approximate surface area is 99.9 Å². The zero-order valence-corrected chi connectivity index (χ0v) is 10.3. The van der Waals surface area contributed by atoms with Gasteiger partial charge >= 0.3 is 0 Å². The summed E-state index contributed by atoms with van der Waals surface area (Å²) in [5.74, 6) is 0.899. The van der Waals surface area contributed by atoms with Crippen LogP contribution in [0.3, 0.4) is 0 Å². The molecular weight excluding hydrogens is 218 g/mol. The number of hydrogen-bond donors (Lipinski definition) is 1. The molecule has 0 aliphatic heterocycles. The van der Waals surface area contributed by atoms with Gasteiger partial charge in [-0.05, 0) is 53.9 Å². The van der Waals surface area contributed by atoms with Gasteiger partial charge in [-0.1, -0.05) is 0 Å². The van der Waals surface area contributed by atoms with Crippen molar-refractivity contribution in [2.45, 2.75) is 6.54 Å². The number of methoxy groups -OCH3 is 1. The van der Waals surface area contributed by atoms with Gasteiger partial charge in [-0.3, -0.25) is 0 Å². The molecule has 0 aliphatic rings. The highest BCUT2D eigenvalue weighted by molar-refractivity contribution is 7.13. The van der Waals surface area contributed by atoms with Crippen molar-refractivity contribution in [2.75, 3.05) is 14.2 Å². The van der Waals surface area contributed by atoms with E-state index in [2.05, 4.69) is 28.9 Å². The number of hydrogen-bond acceptors (Lipinski definition) is 3. The van der Waals surface area contributed by atoms with Gasteiger partial charge in [-0.25, -0.2) is 0 Å². The van der Waals surface area contributed by atoms with E-state index in [0.717, 1.165) is 12.3 Å². The molecule has 0 fully saturated rings. The molecular formula is C13H15NOS. The Morgan fingerprint density at radius 3 is 2.62 bits per heavy atom. The summed E-state index contributed by atoms with van der Waals surface area (Å²) in [5.41, 5.74) is 2.58. The summed E-state index contributed by atoms with van der Waals surface area (Å²) in [7, 11) is 3.65. The summed E-state index contributed by atoms with van der Waals surface area (Å²) in [5, 5.41) is 5.34. The first kappa shape index (κ1) is 11.2. The van der Waals surface area contributed by atoms with Gasteiger partial charge in [-0.2, -0.15) is 0 Å². The maximum Gasteiger partial charge on any atom is 0.118 e. The van der Waals surface area contributed by atoms with Gasteiger partial charge in [0.15, 0.2) is 0 Å². The fraction of sp³-hybridized carbons (Fsp3) is 0.231. The van der Waals surface area contributed by atoms with Crippen LogP contribution in [0.25, 0.3) is 10.4 Å². The number of thiophene rings is 1. The lowest BCUT2D eigenvalue weighted by Gasteiger charge is -2.00. The number of rotatable bonds is 4. The average Bonchev–Trinajstić information content (AvgIpc) is 2.78. The first-order valence-corrected chi connectivity index (χ1v) is 6.08. The highest BCUT2D eigenvalue weighted by atomic mass is 32.1. The van der Waals surface area contributed by atoms with Crippen molar-refractivity contribution in [3.63, 3.8) is 0 Å². The zero-order valence-electron chi connectivity index (χ0n) is 9.49. The Balaban J connectivity index is 2.21. The molecule has 0 atom stereocenters. The molecule has 1 heterocycles. The Morgan fingerprint density at radius 1 is 1.25 bits per heavy atom. The molecule has 0 radical (unpaired) electrons. The molecule has 1 N–H and O–H groups in total. The summed E-state index contributed by atoms with van der Waals surface area (Å²) < 4.78 is 5.14. The predicted molar refractivity (Wildman–Crippen MR) is 69.1 cm³/mol. The molecule has 84 valence electrons. The van der Waals surface area contributed by atoms with E-state index < -0.39 is 0 Å². The molecule has 2 nitrogen and oxygen atoms in total. The van der Waals surface area contributed by atoms with Crippen molar-refractivity contribution >= 4 is 11.3 Å². The fourth-order valence-corrected chi connectivity index (χ4v) is 2.50. The minimum Gasteiger partial charge on any atom is -0.497 e. The zero-order chi connectivity index (χ0) is 11.4. The Morgan fingerprint density at radius 2 is 2.00 bits per heavy atom. The molecule has 2 aromatic rings. The quantitative estimate of drug-likeness (QED) is 0.876. The average molecular weight is 233 g/mol. The molecule has 0 bridgehead atoms. The van der Waals surface area contributed by atoms with E-state index in [-0.39, 0.29) is 0 Å². The number of ether oxygens (including phenoxy) is 1. The molecule has 0 unspecified atom stereocenters. The van der Waals surface area contributed by atoms with E-state index in [1.54, 1.807) is 18.4 Å². The first-order valence-electron chi connectivity index (χ1n) is 5.20. The van der Waals surface area contributed by atoms with Gasteiger partial charge < -0.3 is 10.1 Å². The summed E-state index contributed by atoms with van der Waals surface area (Å²) in [6.45, 7) is 0.923. The lowest BCUT2D eigenvalue weighted by Crippen LogP contribution is -2.03. The standard InChI is InChI=1S/C13H15NOS/c1-14-8-10-7-13(16-9-10)11-3-5-12(15-2)6-4-11/h3-7,9,14H,8H2,1-2H3. The lowest BCUT2D eigenvalue weighted by molar-refractivity contribution is 0.415. The van der Waals surface area contributed by atoms with Crippen LogP contribution >= 0.6 is 11.3 Å². The maximum absolute atomic E-state index is 5.14. The van der Waals surface area contributed by atoms with Gasteiger partial charge in [0, 0.05) is 11.4 Å². The topological polar surface area (TPSA) is 21.3 Å². The predicted octanol–water partition coefficient (Wildman–Crippen LogP) is 3.14. The van der Waals surface area contributed by atoms with Crippen LogP contribution < -0.4 is 10.1 Å². The maximum atomic E-state index is 5.14. The molecule has 0 spiro atoms. The molecule has 0 saturated carbocycles. The van der Waals surface area contributed by atoms with Gasteiger partial charge in [0.1, 0.15) is 5.75 Å². The second-order valence-electron chi connectivity index (χ2n) is 3.58. The minimum atomic E-state index is 0.899. The third kappa shape index (κ3) is 2.43. The number of benzene rings is 1. The van der Waals surface area contributed by atoms with Crippen LogP contribution in [0.4, 0.5) is 0 Å². The normalized spacial score (nSPS) is 10.4. The highest BCUT2D eigenvalue weighted by Crippen LogP contribution is 2.28. The third-order valence-electron chi connectivity index (χ3n) is 2.41. The Hall–Kier alpha value is -1.32. The van der Waals surface area contributed by atoms with Gasteiger partial charge in [0.2, 0.25) is 0 Å². The van der Waals surface area contributed by atoms with Crippen molar-refractivity contribution in [3.05, 3.63) is 41.3 Å². The van der Waals surface area contributed by atoms with Crippen molar-refractivity contribution in [3.8, 4) is 16.2 Å². The van der Waals surface area contributed by atoms with Gasteiger partial charge in [-0.15, -0.1) is 11.3 Å². The summed E-state index contributed by atoms with van der Waals surface area (Å²) >= 11 is 1.78. The monoisotopic (exact) mass is 233 g/mol. The highest BCUT2D eigenvalue weighted by Gasteiger charge is 2.02. The van der Waals surface area contributed by atoms with Crippen LogP contribution in [0.5, 0.6) is 5.75 Å². The molecule has 0 saturated heterocycles. The van der Waals surface area contributed by atoms with Crippen LogP contribution in [0.1, 0.15) is 5.56 Å². The van der Waals surface area contributed by atoms with E-state index in [9.17, 15) is 0 Å². The lowest BCUT2D eigenvalue weighted by atomic mass is 10.1. The second kappa shape index (κ2) is 5.14. The van der Waals surface area contributed by atoms with Crippen LogP contribution in [-0.4, -0.2) is 14.2 Å². The molecule has 16 heavy (non-hydrogen) atoms. The molecule has 2 rings (SSSR count).